The van der Waals surface area contributed by atoms with Crippen LogP contribution in [0.25, 0.3) is 10.8 Å². The molecule has 0 spiro atoms. The van der Waals surface area contributed by atoms with Crippen LogP contribution in [0.15, 0.2) is 66.0 Å². The number of hydrogen-bond acceptors (Lipinski definition) is 5. The summed E-state index contributed by atoms with van der Waals surface area (Å²) in [6.45, 7) is 5.57. The van der Waals surface area contributed by atoms with Gasteiger partial charge in [-0.2, -0.15) is 18.3 Å². The summed E-state index contributed by atoms with van der Waals surface area (Å²) in [4.78, 5) is 30.6. The zero-order valence-electron chi connectivity index (χ0n) is 20.1. The van der Waals surface area contributed by atoms with E-state index in [1.807, 2.05) is 6.92 Å². The van der Waals surface area contributed by atoms with E-state index in [1.165, 1.54) is 18.3 Å². The molecule has 0 unspecified atom stereocenters. The third-order valence-corrected chi connectivity index (χ3v) is 6.84. The van der Waals surface area contributed by atoms with E-state index in [2.05, 4.69) is 27.3 Å². The highest BCUT2D eigenvalue weighted by atomic mass is 35.5. The van der Waals surface area contributed by atoms with Crippen LogP contribution in [0, 0.1) is 0 Å². The molecule has 2 N–H and O–H groups in total. The molecule has 1 aromatic heterocycles. The lowest BCUT2D eigenvalue weighted by atomic mass is 10.0. The maximum atomic E-state index is 13.3. The molecule has 12 heteroatoms. The summed E-state index contributed by atoms with van der Waals surface area (Å²) in [6.07, 6.45) is -1.46. The fourth-order valence-corrected chi connectivity index (χ4v) is 4.34. The third-order valence-electron chi connectivity index (χ3n) is 6.16. The standard InChI is InChI=1S/C26H22Cl2F3N5O2/c1-3-25(10-11-25)35-24(38)18-13-16-7-4-5-8-17(16)20(28)21(18)34-23(37)15(2)36(33-14-26(29,30)31)22-19(27)9-6-12-32-22/h4-9,12-14H,2-3,10-11H2,1H3,(H,34,37)(H,35,38)/b33-14+. The van der Waals surface area contributed by atoms with Crippen LogP contribution in [0.1, 0.15) is 36.5 Å². The van der Waals surface area contributed by atoms with Gasteiger partial charge in [0.15, 0.2) is 5.82 Å². The van der Waals surface area contributed by atoms with Crippen molar-refractivity contribution in [2.45, 2.75) is 37.9 Å². The summed E-state index contributed by atoms with van der Waals surface area (Å²) >= 11 is 12.8. The van der Waals surface area contributed by atoms with Gasteiger partial charge in [0.2, 0.25) is 0 Å². The van der Waals surface area contributed by atoms with Crippen LogP contribution in [-0.4, -0.2) is 34.7 Å². The normalized spacial score (nSPS) is 14.4. The molecule has 0 aliphatic heterocycles. The van der Waals surface area contributed by atoms with Crippen LogP contribution in [0.4, 0.5) is 24.7 Å². The number of aromatic nitrogens is 1. The van der Waals surface area contributed by atoms with Crippen molar-refractivity contribution in [3.8, 4) is 0 Å². The van der Waals surface area contributed by atoms with E-state index in [-0.39, 0.29) is 38.9 Å². The molecule has 1 aliphatic carbocycles. The molecule has 3 aromatic rings. The predicted octanol–water partition coefficient (Wildman–Crippen LogP) is 6.72. The number of hydrogen-bond donors (Lipinski definition) is 2. The predicted molar refractivity (Wildman–Crippen MR) is 143 cm³/mol. The van der Waals surface area contributed by atoms with Gasteiger partial charge in [-0.15, -0.1) is 0 Å². The zero-order chi connectivity index (χ0) is 27.7. The number of nitrogens with one attached hydrogen (secondary N) is 2. The second-order valence-electron chi connectivity index (χ2n) is 8.73. The van der Waals surface area contributed by atoms with Gasteiger partial charge in [0, 0.05) is 17.1 Å². The number of benzene rings is 2. The second kappa shape index (κ2) is 10.6. The highest BCUT2D eigenvalue weighted by molar-refractivity contribution is 6.40. The fraction of sp³-hybridized carbons (Fsp3) is 0.231. The first-order chi connectivity index (χ1) is 17.9. The Hall–Kier alpha value is -3.63. The molecule has 1 saturated carbocycles. The van der Waals surface area contributed by atoms with Crippen molar-refractivity contribution in [1.29, 1.82) is 0 Å². The first-order valence-corrected chi connectivity index (χ1v) is 12.3. The SMILES string of the molecule is C=C(C(=O)Nc1c(C(=O)NC2(CC)CC2)cc2ccccc2c1Cl)N(/N=C/C(F)(F)F)c1ncccc1Cl. The largest absolute Gasteiger partial charge is 0.428 e. The number of alkyl halides is 3. The highest BCUT2D eigenvalue weighted by Gasteiger charge is 2.42. The maximum absolute atomic E-state index is 13.3. The van der Waals surface area contributed by atoms with Gasteiger partial charge in [0.05, 0.1) is 21.3 Å². The lowest BCUT2D eigenvalue weighted by molar-refractivity contribution is -0.113. The monoisotopic (exact) mass is 563 g/mol. The number of hydrazone groups is 1. The van der Waals surface area contributed by atoms with E-state index in [9.17, 15) is 22.8 Å². The molecule has 1 aliphatic rings. The Morgan fingerprint density at radius 3 is 2.55 bits per heavy atom. The average molecular weight is 564 g/mol. The molecule has 0 atom stereocenters. The molecule has 4 rings (SSSR count). The molecular formula is C26H22Cl2F3N5O2. The van der Waals surface area contributed by atoms with Crippen molar-refractivity contribution in [3.05, 3.63) is 76.5 Å². The Morgan fingerprint density at radius 2 is 1.92 bits per heavy atom. The van der Waals surface area contributed by atoms with Crippen LogP contribution in [-0.2, 0) is 4.79 Å². The summed E-state index contributed by atoms with van der Waals surface area (Å²) in [5.41, 5.74) is -0.795. The topological polar surface area (TPSA) is 86.7 Å². The average Bonchev–Trinajstić information content (AvgIpc) is 3.65. The lowest BCUT2D eigenvalue weighted by Crippen LogP contribution is -2.37. The molecule has 1 heterocycles. The summed E-state index contributed by atoms with van der Waals surface area (Å²) < 4.78 is 38.8. The minimum Gasteiger partial charge on any atom is -0.347 e. The van der Waals surface area contributed by atoms with Crippen molar-refractivity contribution < 1.29 is 22.8 Å². The molecular weight excluding hydrogens is 542 g/mol. The zero-order valence-corrected chi connectivity index (χ0v) is 21.6. The molecule has 1 fully saturated rings. The summed E-state index contributed by atoms with van der Waals surface area (Å²) in [6, 6.07) is 11.4. The number of halogens is 5. The molecule has 2 aromatic carbocycles. The van der Waals surface area contributed by atoms with Crippen molar-refractivity contribution in [2.24, 2.45) is 5.10 Å². The summed E-state index contributed by atoms with van der Waals surface area (Å²) in [7, 11) is 0. The van der Waals surface area contributed by atoms with Crippen molar-refractivity contribution >= 4 is 63.5 Å². The Balaban J connectivity index is 1.73. The smallest absolute Gasteiger partial charge is 0.347 e. The Labute approximate surface area is 226 Å². The molecule has 2 amide bonds. The van der Waals surface area contributed by atoms with Crippen molar-refractivity contribution in [1.82, 2.24) is 10.3 Å². The Kier molecular flexibility index (Phi) is 7.66. The maximum Gasteiger partial charge on any atom is 0.428 e. The van der Waals surface area contributed by atoms with Crippen LogP contribution < -0.4 is 15.6 Å². The van der Waals surface area contributed by atoms with Crippen LogP contribution >= 0.6 is 23.2 Å². The van der Waals surface area contributed by atoms with E-state index >= 15 is 0 Å². The summed E-state index contributed by atoms with van der Waals surface area (Å²) in [5, 5.41) is 10.7. The third kappa shape index (κ3) is 5.92. The van der Waals surface area contributed by atoms with E-state index in [4.69, 9.17) is 23.2 Å². The molecule has 7 nitrogen and oxygen atoms in total. The molecule has 0 bridgehead atoms. The number of rotatable bonds is 8. The van der Waals surface area contributed by atoms with Gasteiger partial charge in [-0.25, -0.2) is 9.99 Å². The quantitative estimate of drug-likeness (QED) is 0.181. The van der Waals surface area contributed by atoms with E-state index in [0.29, 0.717) is 15.8 Å². The van der Waals surface area contributed by atoms with E-state index < -0.39 is 23.7 Å². The van der Waals surface area contributed by atoms with Gasteiger partial charge >= 0.3 is 6.18 Å². The number of fused-ring (bicyclic) bond motifs is 1. The van der Waals surface area contributed by atoms with E-state index in [1.54, 1.807) is 30.3 Å². The van der Waals surface area contributed by atoms with Gasteiger partial charge in [0.25, 0.3) is 11.8 Å². The number of carbonyl (C=O) groups is 2. The first-order valence-electron chi connectivity index (χ1n) is 11.5. The molecule has 38 heavy (non-hydrogen) atoms. The number of pyridine rings is 1. The number of carbonyl (C=O) groups excluding carboxylic acids is 2. The first kappa shape index (κ1) is 27.4. The van der Waals surface area contributed by atoms with Crippen molar-refractivity contribution in [3.63, 3.8) is 0 Å². The Morgan fingerprint density at radius 1 is 1.21 bits per heavy atom. The van der Waals surface area contributed by atoms with Gasteiger partial charge in [0.1, 0.15) is 11.9 Å². The fourth-order valence-electron chi connectivity index (χ4n) is 3.82. The van der Waals surface area contributed by atoms with Crippen LogP contribution in [0.5, 0.6) is 0 Å². The van der Waals surface area contributed by atoms with Crippen molar-refractivity contribution in [2.75, 3.05) is 10.3 Å². The Bertz CT molecular complexity index is 1450. The number of anilines is 2. The molecule has 198 valence electrons. The van der Waals surface area contributed by atoms with E-state index in [0.717, 1.165) is 19.3 Å². The van der Waals surface area contributed by atoms with Crippen LogP contribution in [0.3, 0.4) is 0 Å². The summed E-state index contributed by atoms with van der Waals surface area (Å²) in [5.74, 6) is -1.68. The minimum atomic E-state index is -4.79. The number of nitrogens with zero attached hydrogens (tertiary/aromatic N) is 3. The number of amides is 2. The lowest BCUT2D eigenvalue weighted by Gasteiger charge is -2.22. The van der Waals surface area contributed by atoms with Crippen LogP contribution in [0.2, 0.25) is 10.0 Å². The van der Waals surface area contributed by atoms with Gasteiger partial charge < -0.3 is 10.6 Å². The molecule has 0 radical (unpaired) electrons. The van der Waals surface area contributed by atoms with Gasteiger partial charge in [-0.1, -0.05) is 61.0 Å². The highest BCUT2D eigenvalue weighted by Crippen LogP contribution is 2.40. The van der Waals surface area contributed by atoms with Gasteiger partial charge in [-0.05, 0) is 42.8 Å². The second-order valence-corrected chi connectivity index (χ2v) is 9.52. The van der Waals surface area contributed by atoms with Gasteiger partial charge in [-0.3, -0.25) is 9.59 Å². The molecule has 0 saturated heterocycles. The minimum absolute atomic E-state index is 0.0206.